The molecule has 0 aliphatic carbocycles. The van der Waals surface area contributed by atoms with Crippen molar-refractivity contribution < 1.29 is 9.57 Å². The Morgan fingerprint density at radius 1 is 1.12 bits per heavy atom. The number of rotatable bonds is 4. The Bertz CT molecular complexity index is 755. The van der Waals surface area contributed by atoms with Gasteiger partial charge in [-0.3, -0.25) is 4.84 Å². The number of aliphatic imine (C=N–C) groups is 1. The SMILES string of the molecule is CN1CCN(OCc2cccc[n+]2[O-])/C1=N/c1c(Cl)cccc1Cl.Cl.Cl. The third-order valence-corrected chi connectivity index (χ3v) is 4.23. The standard InChI is InChI=1S/C16H16Cl2N4O2.2ClH/c1-20-9-10-22(24-11-12-5-2-3-8-21(12)23)16(20)19-15-13(17)6-4-7-14(15)18;;/h2-8H,9-11H2,1H3;2*1H/b19-16+;;. The van der Waals surface area contributed by atoms with Crippen LogP contribution in [0.1, 0.15) is 5.69 Å². The van der Waals surface area contributed by atoms with Gasteiger partial charge >= 0.3 is 0 Å². The fourth-order valence-corrected chi connectivity index (χ4v) is 2.79. The fraction of sp³-hybridized carbons (Fsp3) is 0.250. The van der Waals surface area contributed by atoms with Crippen LogP contribution in [0, 0.1) is 5.21 Å². The van der Waals surface area contributed by atoms with Crippen molar-refractivity contribution in [1.82, 2.24) is 9.96 Å². The van der Waals surface area contributed by atoms with Crippen LogP contribution in [-0.2, 0) is 11.4 Å². The van der Waals surface area contributed by atoms with E-state index in [4.69, 9.17) is 28.0 Å². The molecule has 1 aliphatic rings. The lowest BCUT2D eigenvalue weighted by Gasteiger charge is -2.20. The smallest absolute Gasteiger partial charge is 0.226 e. The van der Waals surface area contributed by atoms with E-state index in [1.165, 1.54) is 6.20 Å². The van der Waals surface area contributed by atoms with Crippen LogP contribution >= 0.6 is 48.0 Å². The Balaban J connectivity index is 0.00000169. The first kappa shape index (κ1) is 22.6. The van der Waals surface area contributed by atoms with Gasteiger partial charge in [-0.15, -0.1) is 24.8 Å². The lowest BCUT2D eigenvalue weighted by Crippen LogP contribution is -2.35. The molecular formula is C16H18Cl4N4O2. The van der Waals surface area contributed by atoms with E-state index < -0.39 is 0 Å². The molecule has 1 aliphatic heterocycles. The number of nitrogens with zero attached hydrogens (tertiary/aromatic N) is 4. The van der Waals surface area contributed by atoms with Gasteiger partial charge in [0.1, 0.15) is 5.69 Å². The van der Waals surface area contributed by atoms with Crippen LogP contribution in [0.5, 0.6) is 0 Å². The molecule has 2 heterocycles. The quantitative estimate of drug-likeness (QED) is 0.536. The lowest BCUT2D eigenvalue weighted by molar-refractivity contribution is -0.617. The summed E-state index contributed by atoms with van der Waals surface area (Å²) in [6.45, 7) is 1.52. The Morgan fingerprint density at radius 3 is 2.46 bits per heavy atom. The van der Waals surface area contributed by atoms with Gasteiger partial charge in [-0.05, 0) is 18.2 Å². The first-order valence-corrected chi connectivity index (χ1v) is 8.13. The van der Waals surface area contributed by atoms with Crippen molar-refractivity contribution in [3.8, 4) is 0 Å². The molecule has 3 rings (SSSR count). The Hall–Kier alpha value is -1.44. The van der Waals surface area contributed by atoms with Crippen molar-refractivity contribution in [3.05, 3.63) is 63.5 Å². The number of likely N-dealkylation sites (N-methyl/N-ethyl adjacent to an activating group) is 1. The van der Waals surface area contributed by atoms with Crippen LogP contribution < -0.4 is 4.73 Å². The highest BCUT2D eigenvalue weighted by Crippen LogP contribution is 2.33. The van der Waals surface area contributed by atoms with E-state index in [9.17, 15) is 5.21 Å². The van der Waals surface area contributed by atoms with E-state index >= 15 is 0 Å². The number of hydroxylamine groups is 2. The summed E-state index contributed by atoms with van der Waals surface area (Å²) in [5.74, 6) is 0.596. The minimum absolute atomic E-state index is 0. The van der Waals surface area contributed by atoms with Crippen LogP contribution in [0.2, 0.25) is 10.0 Å². The lowest BCUT2D eigenvalue weighted by atomic mass is 10.3. The molecule has 1 aromatic carbocycles. The molecule has 0 amide bonds. The van der Waals surface area contributed by atoms with Crippen molar-refractivity contribution in [2.75, 3.05) is 20.1 Å². The predicted octanol–water partition coefficient (Wildman–Crippen LogP) is 3.84. The number of benzene rings is 1. The number of guanidine groups is 1. The number of hydrogen-bond donors (Lipinski definition) is 0. The molecule has 0 saturated carbocycles. The van der Waals surface area contributed by atoms with E-state index in [2.05, 4.69) is 4.99 Å². The maximum absolute atomic E-state index is 11.7. The second-order valence-corrected chi connectivity index (χ2v) is 6.11. The number of aromatic nitrogens is 1. The van der Waals surface area contributed by atoms with Crippen molar-refractivity contribution in [2.45, 2.75) is 6.61 Å². The summed E-state index contributed by atoms with van der Waals surface area (Å²) in [6, 6.07) is 10.4. The molecule has 10 heteroatoms. The second kappa shape index (κ2) is 10.0. The molecule has 0 spiro atoms. The molecule has 6 nitrogen and oxygen atoms in total. The average molecular weight is 440 g/mol. The van der Waals surface area contributed by atoms with Crippen LogP contribution in [0.3, 0.4) is 0 Å². The molecule has 1 aromatic heterocycles. The summed E-state index contributed by atoms with van der Waals surface area (Å²) in [6.07, 6.45) is 1.44. The predicted molar refractivity (Wildman–Crippen MR) is 108 cm³/mol. The third-order valence-electron chi connectivity index (χ3n) is 3.62. The molecule has 26 heavy (non-hydrogen) atoms. The van der Waals surface area contributed by atoms with Gasteiger partial charge in [-0.1, -0.05) is 29.3 Å². The molecule has 0 atom stereocenters. The molecule has 2 aromatic rings. The molecule has 0 bridgehead atoms. The summed E-state index contributed by atoms with van der Waals surface area (Å²) in [5, 5.41) is 14.3. The van der Waals surface area contributed by atoms with Gasteiger partial charge in [0.2, 0.25) is 11.7 Å². The highest BCUT2D eigenvalue weighted by Gasteiger charge is 2.26. The molecule has 0 N–H and O–H groups in total. The summed E-state index contributed by atoms with van der Waals surface area (Å²) in [7, 11) is 1.91. The second-order valence-electron chi connectivity index (χ2n) is 5.30. The average Bonchev–Trinajstić information content (AvgIpc) is 2.90. The Labute approximate surface area is 174 Å². The first-order valence-electron chi connectivity index (χ1n) is 7.37. The van der Waals surface area contributed by atoms with Gasteiger partial charge in [-0.2, -0.15) is 4.73 Å². The van der Waals surface area contributed by atoms with Crippen LogP contribution in [0.4, 0.5) is 5.69 Å². The van der Waals surface area contributed by atoms with E-state index in [1.807, 2.05) is 11.9 Å². The van der Waals surface area contributed by atoms with E-state index in [0.717, 1.165) is 11.3 Å². The van der Waals surface area contributed by atoms with Gasteiger partial charge in [0.25, 0.3) is 0 Å². The Kier molecular flexibility index (Phi) is 8.73. The number of pyridine rings is 1. The Morgan fingerprint density at radius 2 is 1.81 bits per heavy atom. The largest absolute Gasteiger partial charge is 0.618 e. The molecule has 1 fully saturated rings. The highest BCUT2D eigenvalue weighted by atomic mass is 35.5. The molecular weight excluding hydrogens is 422 g/mol. The molecule has 1 saturated heterocycles. The normalized spacial score (nSPS) is 15.0. The van der Waals surface area contributed by atoms with Gasteiger partial charge in [0.05, 0.1) is 16.6 Å². The van der Waals surface area contributed by atoms with Crippen LogP contribution in [0.25, 0.3) is 0 Å². The number of hydrogen-bond acceptors (Lipinski definition) is 3. The summed E-state index contributed by atoms with van der Waals surface area (Å²) < 4.78 is 0.779. The zero-order chi connectivity index (χ0) is 17.1. The molecule has 0 radical (unpaired) electrons. The maximum Gasteiger partial charge on any atom is 0.226 e. The minimum atomic E-state index is 0. The van der Waals surface area contributed by atoms with Gasteiger partial charge in [0.15, 0.2) is 12.8 Å². The van der Waals surface area contributed by atoms with Crippen molar-refractivity contribution >= 4 is 59.7 Å². The summed E-state index contributed by atoms with van der Waals surface area (Å²) in [5.41, 5.74) is 1.01. The highest BCUT2D eigenvalue weighted by molar-refractivity contribution is 6.38. The third kappa shape index (κ3) is 5.05. The maximum atomic E-state index is 11.7. The summed E-state index contributed by atoms with van der Waals surface area (Å²) in [4.78, 5) is 12.2. The molecule has 142 valence electrons. The number of halogens is 4. The van der Waals surface area contributed by atoms with Gasteiger partial charge < -0.3 is 10.1 Å². The van der Waals surface area contributed by atoms with E-state index in [1.54, 1.807) is 41.5 Å². The van der Waals surface area contributed by atoms with E-state index in [-0.39, 0.29) is 31.4 Å². The number of para-hydroxylation sites is 1. The van der Waals surface area contributed by atoms with Crippen molar-refractivity contribution in [1.29, 1.82) is 0 Å². The van der Waals surface area contributed by atoms with Gasteiger partial charge in [0, 0.05) is 25.7 Å². The van der Waals surface area contributed by atoms with Gasteiger partial charge in [-0.25, -0.2) is 10.1 Å². The van der Waals surface area contributed by atoms with Crippen LogP contribution in [0.15, 0.2) is 47.6 Å². The monoisotopic (exact) mass is 438 g/mol. The van der Waals surface area contributed by atoms with E-state index in [0.29, 0.717) is 33.9 Å². The first-order chi connectivity index (χ1) is 11.6. The zero-order valence-corrected chi connectivity index (χ0v) is 17.0. The van der Waals surface area contributed by atoms with Crippen molar-refractivity contribution in [2.24, 2.45) is 4.99 Å². The topological polar surface area (TPSA) is 55.0 Å². The zero-order valence-electron chi connectivity index (χ0n) is 13.8. The minimum Gasteiger partial charge on any atom is -0.618 e. The van der Waals surface area contributed by atoms with Crippen LogP contribution in [-0.4, -0.2) is 36.1 Å². The summed E-state index contributed by atoms with van der Waals surface area (Å²) >= 11 is 12.4. The molecule has 0 unspecified atom stereocenters. The fourth-order valence-electron chi connectivity index (χ4n) is 2.31. The van der Waals surface area contributed by atoms with Crippen molar-refractivity contribution in [3.63, 3.8) is 0 Å².